The highest BCUT2D eigenvalue weighted by Gasteiger charge is 2.21. The van der Waals surface area contributed by atoms with Crippen LogP contribution in [0.15, 0.2) is 48.5 Å². The molecule has 8 nitrogen and oxygen atoms in total. The Morgan fingerprint density at radius 3 is 2.52 bits per heavy atom. The van der Waals surface area contributed by atoms with E-state index < -0.39 is 29.5 Å². The van der Waals surface area contributed by atoms with E-state index in [1.54, 1.807) is 31.2 Å². The van der Waals surface area contributed by atoms with Crippen LogP contribution < -0.4 is 10.1 Å². The third kappa shape index (κ3) is 5.96. The highest BCUT2D eigenvalue weighted by molar-refractivity contribution is 6.34. The molecule has 2 aromatic rings. The molecule has 0 aliphatic carbocycles. The number of halogens is 1. The van der Waals surface area contributed by atoms with Crippen LogP contribution in [0.1, 0.15) is 13.3 Å². The molecule has 0 saturated carbocycles. The Labute approximate surface area is 160 Å². The molecule has 142 valence electrons. The Kier molecular flexibility index (Phi) is 7.13. The first kappa shape index (κ1) is 20.2. The number of benzene rings is 2. The summed E-state index contributed by atoms with van der Waals surface area (Å²) < 4.78 is 10.5. The van der Waals surface area contributed by atoms with Gasteiger partial charge in [-0.15, -0.1) is 0 Å². The number of ether oxygens (including phenoxy) is 2. The van der Waals surface area contributed by atoms with Crippen molar-refractivity contribution in [1.29, 1.82) is 0 Å². The van der Waals surface area contributed by atoms with Crippen LogP contribution in [-0.4, -0.2) is 29.5 Å². The molecule has 1 amide bonds. The molecular weight excluding hydrogens is 376 g/mol. The van der Waals surface area contributed by atoms with Gasteiger partial charge in [0.2, 0.25) is 0 Å². The van der Waals surface area contributed by atoms with Crippen LogP contribution >= 0.6 is 11.6 Å². The highest BCUT2D eigenvalue weighted by atomic mass is 35.5. The van der Waals surface area contributed by atoms with E-state index in [1.807, 2.05) is 6.07 Å². The van der Waals surface area contributed by atoms with Crippen LogP contribution in [-0.2, 0) is 14.3 Å². The molecule has 0 spiro atoms. The Morgan fingerprint density at radius 2 is 1.93 bits per heavy atom. The van der Waals surface area contributed by atoms with Gasteiger partial charge < -0.3 is 14.8 Å². The van der Waals surface area contributed by atoms with Gasteiger partial charge in [-0.3, -0.25) is 14.9 Å². The molecule has 0 radical (unpaired) electrons. The molecule has 2 rings (SSSR count). The number of nitrogens with one attached hydrogen (secondary N) is 1. The van der Waals surface area contributed by atoms with Gasteiger partial charge >= 0.3 is 5.97 Å². The molecule has 27 heavy (non-hydrogen) atoms. The topological polar surface area (TPSA) is 108 Å². The first-order chi connectivity index (χ1) is 12.9. The summed E-state index contributed by atoms with van der Waals surface area (Å²) in [4.78, 5) is 34.1. The minimum Gasteiger partial charge on any atom is -0.479 e. The lowest BCUT2D eigenvalue weighted by Crippen LogP contribution is -2.31. The van der Waals surface area contributed by atoms with Gasteiger partial charge in [0.05, 0.1) is 15.6 Å². The fourth-order valence-electron chi connectivity index (χ4n) is 2.10. The van der Waals surface area contributed by atoms with Crippen molar-refractivity contribution in [3.05, 3.63) is 63.7 Å². The number of anilines is 1. The van der Waals surface area contributed by atoms with E-state index in [-0.39, 0.29) is 16.4 Å². The van der Waals surface area contributed by atoms with Crippen molar-refractivity contribution in [3.8, 4) is 5.75 Å². The zero-order valence-corrected chi connectivity index (χ0v) is 15.1. The van der Waals surface area contributed by atoms with Crippen LogP contribution in [0.4, 0.5) is 11.4 Å². The molecule has 0 aliphatic rings. The number of esters is 1. The van der Waals surface area contributed by atoms with Gasteiger partial charge in [-0.05, 0) is 24.6 Å². The molecule has 1 atom stereocenters. The SMILES string of the molecule is CC[C@@H](Oc1ccccc1)C(=O)OCC(=O)Nc1ccc([N+](=O)[O-])cc1Cl. The second-order valence-corrected chi connectivity index (χ2v) is 5.81. The molecule has 0 bridgehead atoms. The number of nitro groups is 1. The Morgan fingerprint density at radius 1 is 1.22 bits per heavy atom. The van der Waals surface area contributed by atoms with Crippen LogP contribution in [0, 0.1) is 10.1 Å². The average molecular weight is 393 g/mol. The molecule has 0 aliphatic heterocycles. The second kappa shape index (κ2) is 9.54. The Balaban J connectivity index is 1.88. The molecule has 0 fully saturated rings. The highest BCUT2D eigenvalue weighted by Crippen LogP contribution is 2.26. The van der Waals surface area contributed by atoms with Gasteiger partial charge in [-0.25, -0.2) is 4.79 Å². The van der Waals surface area contributed by atoms with Gasteiger partial charge in [-0.2, -0.15) is 0 Å². The summed E-state index contributed by atoms with van der Waals surface area (Å²) in [5, 5.41) is 13.1. The number of hydrogen-bond acceptors (Lipinski definition) is 6. The number of para-hydroxylation sites is 1. The van der Waals surface area contributed by atoms with Crippen molar-refractivity contribution in [1.82, 2.24) is 0 Å². The van der Waals surface area contributed by atoms with Crippen LogP contribution in [0.25, 0.3) is 0 Å². The van der Waals surface area contributed by atoms with Crippen molar-refractivity contribution >= 4 is 34.9 Å². The molecule has 0 saturated heterocycles. The van der Waals surface area contributed by atoms with Gasteiger partial charge in [0.25, 0.3) is 11.6 Å². The summed E-state index contributed by atoms with van der Waals surface area (Å²) in [6, 6.07) is 12.4. The van der Waals surface area contributed by atoms with Crippen molar-refractivity contribution in [3.63, 3.8) is 0 Å². The number of non-ortho nitro benzene ring substituents is 1. The molecule has 0 aromatic heterocycles. The number of nitrogens with zero attached hydrogens (tertiary/aromatic N) is 1. The fourth-order valence-corrected chi connectivity index (χ4v) is 2.32. The Bertz CT molecular complexity index is 828. The van der Waals surface area contributed by atoms with E-state index in [9.17, 15) is 19.7 Å². The lowest BCUT2D eigenvalue weighted by Gasteiger charge is -2.16. The minimum atomic E-state index is -0.844. The molecule has 9 heteroatoms. The quantitative estimate of drug-likeness (QED) is 0.418. The standard InChI is InChI=1S/C18H17ClN2O6/c1-2-16(27-13-6-4-3-5-7-13)18(23)26-11-17(22)20-15-9-8-12(21(24)25)10-14(15)19/h3-10,16H,2,11H2,1H3,(H,20,22)/t16-/m1/s1. The number of nitro benzene ring substituents is 1. The lowest BCUT2D eigenvalue weighted by atomic mass is 10.2. The fraction of sp³-hybridized carbons (Fsp3) is 0.222. The number of rotatable bonds is 8. The van der Waals surface area contributed by atoms with Gasteiger partial charge in [-0.1, -0.05) is 36.7 Å². The van der Waals surface area contributed by atoms with E-state index in [0.29, 0.717) is 12.2 Å². The zero-order chi connectivity index (χ0) is 19.8. The van der Waals surface area contributed by atoms with E-state index in [0.717, 1.165) is 6.07 Å². The Hall–Kier alpha value is -3.13. The van der Waals surface area contributed by atoms with Gasteiger partial charge in [0.1, 0.15) is 5.75 Å². The third-order valence-corrected chi connectivity index (χ3v) is 3.75. The number of carbonyl (C=O) groups excluding carboxylic acids is 2. The van der Waals surface area contributed by atoms with Crippen molar-refractivity contribution < 1.29 is 24.0 Å². The summed E-state index contributed by atoms with van der Waals surface area (Å²) in [5.41, 5.74) is -0.0239. The van der Waals surface area contributed by atoms with Gasteiger partial charge in [0.15, 0.2) is 12.7 Å². The van der Waals surface area contributed by atoms with Crippen molar-refractivity contribution in [2.45, 2.75) is 19.4 Å². The van der Waals surface area contributed by atoms with Crippen LogP contribution in [0.5, 0.6) is 5.75 Å². The van der Waals surface area contributed by atoms with Crippen molar-refractivity contribution in [2.24, 2.45) is 0 Å². The third-order valence-electron chi connectivity index (χ3n) is 3.44. The monoisotopic (exact) mass is 392 g/mol. The van der Waals surface area contributed by atoms with Crippen LogP contribution in [0.2, 0.25) is 5.02 Å². The van der Waals surface area contributed by atoms with Gasteiger partial charge in [0, 0.05) is 12.1 Å². The number of hydrogen-bond donors (Lipinski definition) is 1. The summed E-state index contributed by atoms with van der Waals surface area (Å²) in [5.74, 6) is -0.789. The first-order valence-corrected chi connectivity index (χ1v) is 8.40. The summed E-state index contributed by atoms with van der Waals surface area (Å²) in [6.45, 7) is 1.21. The molecule has 1 N–H and O–H groups in total. The predicted molar refractivity (Wildman–Crippen MR) is 98.8 cm³/mol. The summed E-state index contributed by atoms with van der Waals surface area (Å²) >= 11 is 5.90. The summed E-state index contributed by atoms with van der Waals surface area (Å²) in [6.07, 6.45) is -0.480. The molecule has 2 aromatic carbocycles. The number of amides is 1. The number of carbonyl (C=O) groups is 2. The first-order valence-electron chi connectivity index (χ1n) is 8.02. The minimum absolute atomic E-state index is 0.00252. The maximum absolute atomic E-state index is 12.1. The van der Waals surface area contributed by atoms with E-state index in [4.69, 9.17) is 21.1 Å². The van der Waals surface area contributed by atoms with E-state index >= 15 is 0 Å². The molecule has 0 unspecified atom stereocenters. The average Bonchev–Trinajstić information content (AvgIpc) is 2.66. The van der Waals surface area contributed by atoms with E-state index in [2.05, 4.69) is 5.32 Å². The maximum Gasteiger partial charge on any atom is 0.347 e. The van der Waals surface area contributed by atoms with E-state index in [1.165, 1.54) is 12.1 Å². The van der Waals surface area contributed by atoms with Crippen LogP contribution in [0.3, 0.4) is 0 Å². The smallest absolute Gasteiger partial charge is 0.347 e. The summed E-state index contributed by atoms with van der Waals surface area (Å²) in [7, 11) is 0. The predicted octanol–water partition coefficient (Wildman–Crippen LogP) is 3.59. The second-order valence-electron chi connectivity index (χ2n) is 5.40. The zero-order valence-electron chi connectivity index (χ0n) is 14.4. The lowest BCUT2D eigenvalue weighted by molar-refractivity contribution is -0.384. The normalized spacial score (nSPS) is 11.3. The maximum atomic E-state index is 12.1. The molecular formula is C18H17ClN2O6. The molecule has 0 heterocycles. The van der Waals surface area contributed by atoms with Crippen molar-refractivity contribution in [2.75, 3.05) is 11.9 Å². The largest absolute Gasteiger partial charge is 0.479 e.